The van der Waals surface area contributed by atoms with Crippen LogP contribution >= 0.6 is 0 Å². The van der Waals surface area contributed by atoms with E-state index in [2.05, 4.69) is 16.0 Å². The molecule has 1 saturated carbocycles. The van der Waals surface area contributed by atoms with Gasteiger partial charge in [0.2, 0.25) is 5.91 Å². The van der Waals surface area contributed by atoms with Gasteiger partial charge in [0.1, 0.15) is 29.4 Å². The van der Waals surface area contributed by atoms with Crippen molar-refractivity contribution in [3.8, 4) is 17.6 Å². The van der Waals surface area contributed by atoms with Crippen LogP contribution in [0.2, 0.25) is 0 Å². The van der Waals surface area contributed by atoms with Gasteiger partial charge in [0.05, 0.1) is 37.0 Å². The number of hydrogen-bond donors (Lipinski definition) is 3. The van der Waals surface area contributed by atoms with Crippen molar-refractivity contribution in [2.75, 3.05) is 25.6 Å². The van der Waals surface area contributed by atoms with E-state index in [4.69, 9.17) is 18.9 Å². The Labute approximate surface area is 256 Å². The molecule has 0 radical (unpaired) electrons. The van der Waals surface area contributed by atoms with Gasteiger partial charge in [-0.25, -0.2) is 9.59 Å². The zero-order valence-electron chi connectivity index (χ0n) is 25.6. The maximum atomic E-state index is 13.2. The first-order chi connectivity index (χ1) is 20.9. The fraction of sp³-hybridized carbons (Fsp3) is 0.406. The number of ether oxygens (including phenoxy) is 4. The van der Waals surface area contributed by atoms with Gasteiger partial charge in [-0.15, -0.1) is 0 Å². The first-order valence-corrected chi connectivity index (χ1v) is 14.2. The summed E-state index contributed by atoms with van der Waals surface area (Å²) in [5.74, 6) is -1.04. The average molecular weight is 607 g/mol. The third-order valence-electron chi connectivity index (χ3n) is 6.27. The molecule has 234 valence electrons. The third kappa shape index (κ3) is 10.3. The predicted octanol–water partition coefficient (Wildman–Crippen LogP) is 4.69. The second-order valence-corrected chi connectivity index (χ2v) is 11.1. The molecule has 1 fully saturated rings. The molecule has 1 aliphatic rings. The smallest absolute Gasteiger partial charge is 0.412 e. The van der Waals surface area contributed by atoms with Crippen molar-refractivity contribution in [1.29, 1.82) is 5.26 Å². The van der Waals surface area contributed by atoms with Gasteiger partial charge in [0, 0.05) is 24.2 Å². The molecule has 0 atom stereocenters. The minimum absolute atomic E-state index is 0.0201. The maximum Gasteiger partial charge on any atom is 0.412 e. The summed E-state index contributed by atoms with van der Waals surface area (Å²) in [6, 6.07) is 11.4. The Balaban J connectivity index is 1.73. The highest BCUT2D eigenvalue weighted by molar-refractivity contribution is 5.98. The number of benzene rings is 2. The fourth-order valence-electron chi connectivity index (χ4n) is 4.36. The SMILES string of the molecule is COC(=O)/C(=C\c1ccc(C#N)cc1OCCNC(=O)c1ccc(NC(=O)OC(C)(C)C)cc1OC1CCCC1)NC(C)=O. The highest BCUT2D eigenvalue weighted by atomic mass is 16.6. The fourth-order valence-corrected chi connectivity index (χ4v) is 4.36. The monoisotopic (exact) mass is 606 g/mol. The van der Waals surface area contributed by atoms with Gasteiger partial charge in [-0.2, -0.15) is 5.26 Å². The summed E-state index contributed by atoms with van der Waals surface area (Å²) in [7, 11) is 1.19. The Morgan fingerprint density at radius 3 is 2.41 bits per heavy atom. The summed E-state index contributed by atoms with van der Waals surface area (Å²) < 4.78 is 22.1. The molecule has 3 N–H and O–H groups in total. The number of hydrogen-bond acceptors (Lipinski definition) is 9. The Hall–Kier alpha value is -5.05. The molecule has 0 aliphatic heterocycles. The van der Waals surface area contributed by atoms with E-state index in [1.807, 2.05) is 6.07 Å². The summed E-state index contributed by atoms with van der Waals surface area (Å²) in [5.41, 5.74) is 0.661. The molecule has 1 aliphatic carbocycles. The standard InChI is InChI=1S/C32H38N4O8/c1-20(37)35-26(30(39)41-5)17-22-11-10-21(19-33)16-27(22)42-15-14-34-29(38)25-13-12-23(36-31(40)44-32(2,3)4)18-28(25)43-24-8-6-7-9-24/h10-13,16-18,24H,6-9,14-15H2,1-5H3,(H,34,38)(H,35,37)(H,36,40)/b26-17+. The molecule has 2 aromatic rings. The summed E-state index contributed by atoms with van der Waals surface area (Å²) in [5, 5.41) is 17.2. The van der Waals surface area contributed by atoms with Crippen molar-refractivity contribution >= 4 is 35.6 Å². The second kappa shape index (κ2) is 15.4. The number of nitriles is 1. The minimum atomic E-state index is -0.759. The molecular weight excluding hydrogens is 568 g/mol. The quantitative estimate of drug-likeness (QED) is 0.187. The molecule has 0 spiro atoms. The Morgan fingerprint density at radius 1 is 1.05 bits per heavy atom. The van der Waals surface area contributed by atoms with Gasteiger partial charge in [-0.05, 0) is 82.9 Å². The predicted molar refractivity (Wildman–Crippen MR) is 162 cm³/mol. The van der Waals surface area contributed by atoms with Gasteiger partial charge >= 0.3 is 12.1 Å². The number of rotatable bonds is 11. The number of nitrogens with one attached hydrogen (secondary N) is 3. The average Bonchev–Trinajstić information content (AvgIpc) is 3.47. The van der Waals surface area contributed by atoms with E-state index in [-0.39, 0.29) is 30.7 Å². The Bertz CT molecular complexity index is 1450. The van der Waals surface area contributed by atoms with Crippen LogP contribution in [-0.4, -0.2) is 55.8 Å². The molecule has 0 aromatic heterocycles. The van der Waals surface area contributed by atoms with E-state index in [0.717, 1.165) is 25.7 Å². The first-order valence-electron chi connectivity index (χ1n) is 14.2. The molecule has 0 heterocycles. The molecule has 12 nitrogen and oxygen atoms in total. The van der Waals surface area contributed by atoms with Crippen molar-refractivity contribution in [2.45, 2.75) is 65.1 Å². The molecule has 12 heteroatoms. The van der Waals surface area contributed by atoms with E-state index in [1.165, 1.54) is 32.2 Å². The van der Waals surface area contributed by atoms with E-state index in [1.54, 1.807) is 45.0 Å². The largest absolute Gasteiger partial charge is 0.491 e. The van der Waals surface area contributed by atoms with Crippen LogP contribution < -0.4 is 25.4 Å². The van der Waals surface area contributed by atoms with E-state index in [0.29, 0.717) is 28.1 Å². The number of anilines is 1. The molecule has 3 amide bonds. The van der Waals surface area contributed by atoms with Crippen LogP contribution in [0.1, 0.15) is 74.9 Å². The molecule has 3 rings (SSSR count). The number of nitrogens with zero attached hydrogens (tertiary/aromatic N) is 1. The summed E-state index contributed by atoms with van der Waals surface area (Å²) >= 11 is 0. The molecule has 44 heavy (non-hydrogen) atoms. The van der Waals surface area contributed by atoms with Crippen LogP contribution in [0.4, 0.5) is 10.5 Å². The highest BCUT2D eigenvalue weighted by Crippen LogP contribution is 2.30. The molecular formula is C32H38N4O8. The van der Waals surface area contributed by atoms with Crippen LogP contribution in [0.5, 0.6) is 11.5 Å². The second-order valence-electron chi connectivity index (χ2n) is 11.1. The molecule has 0 unspecified atom stereocenters. The van der Waals surface area contributed by atoms with Crippen molar-refractivity contribution in [3.63, 3.8) is 0 Å². The van der Waals surface area contributed by atoms with Crippen LogP contribution in [0.3, 0.4) is 0 Å². The number of carbonyl (C=O) groups excluding carboxylic acids is 4. The molecule has 0 bridgehead atoms. The normalized spacial score (nSPS) is 13.3. The number of methoxy groups -OCH3 is 1. The lowest BCUT2D eigenvalue weighted by Crippen LogP contribution is -2.29. The van der Waals surface area contributed by atoms with Gasteiger partial charge < -0.3 is 29.6 Å². The highest BCUT2D eigenvalue weighted by Gasteiger charge is 2.22. The summed E-state index contributed by atoms with van der Waals surface area (Å²) in [6.07, 6.45) is 4.54. The zero-order chi connectivity index (χ0) is 32.3. The lowest BCUT2D eigenvalue weighted by atomic mass is 10.1. The van der Waals surface area contributed by atoms with Crippen LogP contribution in [0.25, 0.3) is 6.08 Å². The molecule has 0 saturated heterocycles. The van der Waals surface area contributed by atoms with E-state index < -0.39 is 29.5 Å². The summed E-state index contributed by atoms with van der Waals surface area (Å²) in [6.45, 7) is 6.66. The van der Waals surface area contributed by atoms with Crippen LogP contribution in [-0.2, 0) is 19.1 Å². The first kappa shape index (κ1) is 33.5. The van der Waals surface area contributed by atoms with Crippen molar-refractivity contribution in [3.05, 3.63) is 58.8 Å². The topological polar surface area (TPSA) is 165 Å². The van der Waals surface area contributed by atoms with Gasteiger partial charge in [0.25, 0.3) is 5.91 Å². The maximum absolute atomic E-state index is 13.2. The van der Waals surface area contributed by atoms with Crippen molar-refractivity contribution in [1.82, 2.24) is 10.6 Å². The lowest BCUT2D eigenvalue weighted by Gasteiger charge is -2.21. The zero-order valence-corrected chi connectivity index (χ0v) is 25.6. The lowest BCUT2D eigenvalue weighted by molar-refractivity contribution is -0.137. The summed E-state index contributed by atoms with van der Waals surface area (Å²) in [4.78, 5) is 49.2. The molecule has 2 aromatic carbocycles. The third-order valence-corrected chi connectivity index (χ3v) is 6.27. The van der Waals surface area contributed by atoms with Gasteiger partial charge in [-0.3, -0.25) is 14.9 Å². The van der Waals surface area contributed by atoms with Crippen molar-refractivity contribution in [2.24, 2.45) is 0 Å². The Kier molecular flexibility index (Phi) is 11.7. The number of amides is 3. The van der Waals surface area contributed by atoms with Gasteiger partial charge in [-0.1, -0.05) is 0 Å². The van der Waals surface area contributed by atoms with Gasteiger partial charge in [0.15, 0.2) is 0 Å². The van der Waals surface area contributed by atoms with Crippen molar-refractivity contribution < 1.29 is 38.1 Å². The Morgan fingerprint density at radius 2 is 1.77 bits per heavy atom. The van der Waals surface area contributed by atoms with E-state index in [9.17, 15) is 24.4 Å². The minimum Gasteiger partial charge on any atom is -0.491 e. The number of esters is 1. The number of carbonyl (C=O) groups is 4. The van der Waals surface area contributed by atoms with E-state index >= 15 is 0 Å². The van der Waals surface area contributed by atoms with Crippen LogP contribution in [0.15, 0.2) is 42.1 Å². The van der Waals surface area contributed by atoms with Crippen LogP contribution in [0, 0.1) is 11.3 Å².